The summed E-state index contributed by atoms with van der Waals surface area (Å²) in [5.41, 5.74) is 0.489. The molecule has 1 N–H and O–H groups in total. The number of aliphatic carboxylic acids is 1. The number of hydrogen-bond donors (Lipinski definition) is 1. The Balaban J connectivity index is 2.89. The van der Waals surface area contributed by atoms with Gasteiger partial charge in [-0.15, -0.1) is 11.8 Å². The van der Waals surface area contributed by atoms with E-state index in [2.05, 4.69) is 0 Å². The van der Waals surface area contributed by atoms with Gasteiger partial charge in [-0.25, -0.2) is 4.39 Å². The van der Waals surface area contributed by atoms with Gasteiger partial charge in [-0.2, -0.15) is 0 Å². The van der Waals surface area contributed by atoms with Gasteiger partial charge in [-0.05, 0) is 24.0 Å². The van der Waals surface area contributed by atoms with Crippen molar-refractivity contribution >= 4 is 17.7 Å². The molecule has 0 amide bonds. The van der Waals surface area contributed by atoms with Crippen molar-refractivity contribution < 1.29 is 14.3 Å². The standard InChI is InChI=1S/C9H9FO2S/c1-13-8-3-2-6(4-7(8)10)5-9(11)12/h2-4H,5H2,1H3,(H,11,12). The Kier molecular flexibility index (Phi) is 3.31. The van der Waals surface area contributed by atoms with Crippen LogP contribution in [0.2, 0.25) is 0 Å². The average Bonchev–Trinajstić information content (AvgIpc) is 2.03. The summed E-state index contributed by atoms with van der Waals surface area (Å²) in [7, 11) is 0. The van der Waals surface area contributed by atoms with E-state index in [4.69, 9.17) is 5.11 Å². The normalized spacial score (nSPS) is 10.0. The Labute approximate surface area is 79.8 Å². The molecule has 0 aromatic heterocycles. The molecule has 0 bridgehead atoms. The summed E-state index contributed by atoms with van der Waals surface area (Å²) in [5.74, 6) is -1.30. The van der Waals surface area contributed by atoms with Crippen molar-refractivity contribution in [3.8, 4) is 0 Å². The molecule has 13 heavy (non-hydrogen) atoms. The number of carbonyl (C=O) groups is 1. The molecule has 0 aliphatic carbocycles. The van der Waals surface area contributed by atoms with E-state index < -0.39 is 5.97 Å². The van der Waals surface area contributed by atoms with Gasteiger partial charge in [0.05, 0.1) is 6.42 Å². The molecular formula is C9H9FO2S. The van der Waals surface area contributed by atoms with Crippen LogP contribution in [0.4, 0.5) is 4.39 Å². The highest BCUT2D eigenvalue weighted by atomic mass is 32.2. The molecule has 70 valence electrons. The van der Waals surface area contributed by atoms with Gasteiger partial charge < -0.3 is 5.11 Å². The van der Waals surface area contributed by atoms with Crippen LogP contribution in [0.5, 0.6) is 0 Å². The van der Waals surface area contributed by atoms with Crippen LogP contribution < -0.4 is 0 Å². The van der Waals surface area contributed by atoms with E-state index >= 15 is 0 Å². The van der Waals surface area contributed by atoms with Crippen LogP contribution >= 0.6 is 11.8 Å². The van der Waals surface area contributed by atoms with Crippen molar-refractivity contribution in [1.82, 2.24) is 0 Å². The summed E-state index contributed by atoms with van der Waals surface area (Å²) in [6.07, 6.45) is 1.64. The molecule has 0 saturated heterocycles. The number of carboxylic acids is 1. The van der Waals surface area contributed by atoms with Crippen LogP contribution in [0.15, 0.2) is 23.1 Å². The molecule has 2 nitrogen and oxygen atoms in total. The number of hydrogen-bond acceptors (Lipinski definition) is 2. The number of rotatable bonds is 3. The maximum absolute atomic E-state index is 13.1. The number of benzene rings is 1. The lowest BCUT2D eigenvalue weighted by Gasteiger charge is -2.01. The Hall–Kier alpha value is -1.03. The van der Waals surface area contributed by atoms with Crippen molar-refractivity contribution in [3.63, 3.8) is 0 Å². The molecule has 0 aliphatic heterocycles. The second kappa shape index (κ2) is 4.28. The lowest BCUT2D eigenvalue weighted by atomic mass is 10.1. The van der Waals surface area contributed by atoms with E-state index in [0.717, 1.165) is 0 Å². The SMILES string of the molecule is CSc1ccc(CC(=O)O)cc1F. The highest BCUT2D eigenvalue weighted by molar-refractivity contribution is 7.98. The quantitative estimate of drug-likeness (QED) is 0.760. The van der Waals surface area contributed by atoms with Crippen LogP contribution in [0.1, 0.15) is 5.56 Å². The third-order valence-electron chi connectivity index (χ3n) is 1.57. The predicted octanol–water partition coefficient (Wildman–Crippen LogP) is 2.17. The molecule has 0 spiro atoms. The minimum Gasteiger partial charge on any atom is -0.481 e. The van der Waals surface area contributed by atoms with Gasteiger partial charge in [0.2, 0.25) is 0 Å². The summed E-state index contributed by atoms with van der Waals surface area (Å²) in [6.45, 7) is 0. The summed E-state index contributed by atoms with van der Waals surface area (Å²) < 4.78 is 13.1. The maximum Gasteiger partial charge on any atom is 0.307 e. The van der Waals surface area contributed by atoms with Crippen LogP contribution in [0.25, 0.3) is 0 Å². The zero-order valence-corrected chi connectivity index (χ0v) is 7.90. The molecule has 1 rings (SSSR count). The van der Waals surface area contributed by atoms with E-state index in [9.17, 15) is 9.18 Å². The Bertz CT molecular complexity index is 325. The van der Waals surface area contributed by atoms with Crippen LogP contribution in [-0.4, -0.2) is 17.3 Å². The number of carboxylic acid groups (broad SMARTS) is 1. The highest BCUT2D eigenvalue weighted by Gasteiger charge is 2.04. The minimum absolute atomic E-state index is 0.133. The van der Waals surface area contributed by atoms with Gasteiger partial charge in [0.1, 0.15) is 5.82 Å². The first-order valence-corrected chi connectivity index (χ1v) is 4.90. The zero-order chi connectivity index (χ0) is 9.84. The molecule has 1 aromatic carbocycles. The van der Waals surface area contributed by atoms with Crippen molar-refractivity contribution in [2.24, 2.45) is 0 Å². The van der Waals surface area contributed by atoms with Crippen LogP contribution in [0.3, 0.4) is 0 Å². The maximum atomic E-state index is 13.1. The van der Waals surface area contributed by atoms with Crippen molar-refractivity contribution in [3.05, 3.63) is 29.6 Å². The molecule has 0 saturated carbocycles. The first-order valence-electron chi connectivity index (χ1n) is 3.67. The first-order chi connectivity index (χ1) is 6.13. The summed E-state index contributed by atoms with van der Waals surface area (Å²) >= 11 is 1.30. The van der Waals surface area contributed by atoms with E-state index in [1.54, 1.807) is 18.4 Å². The highest BCUT2D eigenvalue weighted by Crippen LogP contribution is 2.19. The molecule has 4 heteroatoms. The van der Waals surface area contributed by atoms with Crippen LogP contribution in [0, 0.1) is 5.82 Å². The molecule has 0 radical (unpaired) electrons. The second-order valence-electron chi connectivity index (χ2n) is 2.54. The minimum atomic E-state index is -0.948. The largest absolute Gasteiger partial charge is 0.481 e. The second-order valence-corrected chi connectivity index (χ2v) is 3.39. The van der Waals surface area contributed by atoms with Gasteiger partial charge in [0.15, 0.2) is 0 Å². The third-order valence-corrected chi connectivity index (χ3v) is 2.34. The fourth-order valence-electron chi connectivity index (χ4n) is 0.994. The lowest BCUT2D eigenvalue weighted by Crippen LogP contribution is -2.00. The van der Waals surface area contributed by atoms with E-state index in [0.29, 0.717) is 10.5 Å². The van der Waals surface area contributed by atoms with Crippen molar-refractivity contribution in [1.29, 1.82) is 0 Å². The summed E-state index contributed by atoms with van der Waals surface area (Å²) in [6, 6.07) is 4.49. The van der Waals surface area contributed by atoms with E-state index in [1.807, 2.05) is 0 Å². The predicted molar refractivity (Wildman–Crippen MR) is 49.5 cm³/mol. The van der Waals surface area contributed by atoms with Crippen LogP contribution in [-0.2, 0) is 11.2 Å². The van der Waals surface area contributed by atoms with E-state index in [1.165, 1.54) is 17.8 Å². The molecule has 0 fully saturated rings. The Morgan fingerprint density at radius 1 is 1.62 bits per heavy atom. The Morgan fingerprint density at radius 3 is 2.77 bits per heavy atom. The molecule has 0 atom stereocenters. The van der Waals surface area contributed by atoms with Gasteiger partial charge >= 0.3 is 5.97 Å². The molecule has 1 aromatic rings. The summed E-state index contributed by atoms with van der Waals surface area (Å²) in [4.78, 5) is 10.8. The lowest BCUT2D eigenvalue weighted by molar-refractivity contribution is -0.136. The monoisotopic (exact) mass is 200 g/mol. The van der Waals surface area contributed by atoms with Gasteiger partial charge in [-0.1, -0.05) is 6.07 Å². The number of halogens is 1. The fraction of sp³-hybridized carbons (Fsp3) is 0.222. The molecular weight excluding hydrogens is 191 g/mol. The van der Waals surface area contributed by atoms with Gasteiger partial charge in [-0.3, -0.25) is 4.79 Å². The fourth-order valence-corrected chi connectivity index (χ4v) is 1.45. The van der Waals surface area contributed by atoms with Crippen molar-refractivity contribution in [2.45, 2.75) is 11.3 Å². The number of thioether (sulfide) groups is 1. The first kappa shape index (κ1) is 10.1. The smallest absolute Gasteiger partial charge is 0.307 e. The molecule has 0 unspecified atom stereocenters. The molecule has 0 aliphatic rings. The van der Waals surface area contributed by atoms with Crippen molar-refractivity contribution in [2.75, 3.05) is 6.26 Å². The zero-order valence-electron chi connectivity index (χ0n) is 7.08. The van der Waals surface area contributed by atoms with E-state index in [-0.39, 0.29) is 12.2 Å². The topological polar surface area (TPSA) is 37.3 Å². The Morgan fingerprint density at radius 2 is 2.31 bits per heavy atom. The third kappa shape index (κ3) is 2.73. The van der Waals surface area contributed by atoms with Gasteiger partial charge in [0, 0.05) is 4.90 Å². The molecule has 0 heterocycles. The van der Waals surface area contributed by atoms with Gasteiger partial charge in [0.25, 0.3) is 0 Å². The summed E-state index contributed by atoms with van der Waals surface area (Å²) in [5, 5.41) is 8.46. The average molecular weight is 200 g/mol.